The molecule has 3 aromatic heterocycles. The number of aromatic nitrogens is 5. The molecule has 5 heterocycles. The van der Waals surface area contributed by atoms with Gasteiger partial charge in [0.05, 0.1) is 45.1 Å². The lowest BCUT2D eigenvalue weighted by Gasteiger charge is -2.27. The third-order valence-corrected chi connectivity index (χ3v) is 9.89. The minimum Gasteiger partial charge on any atom is -0.486 e. The third kappa shape index (κ3) is 8.07. The Labute approximate surface area is 324 Å². The minimum absolute atomic E-state index is 0.0445. The summed E-state index contributed by atoms with van der Waals surface area (Å²) in [5.41, 5.74) is 3.88. The van der Waals surface area contributed by atoms with Crippen LogP contribution in [0.5, 0.6) is 5.75 Å². The summed E-state index contributed by atoms with van der Waals surface area (Å²) in [6.45, 7) is 3.07. The van der Waals surface area contributed by atoms with Crippen molar-refractivity contribution in [1.29, 1.82) is 0 Å². The standard InChI is InChI=1S/C38H35Cl2N9O6/c1-21(34-26(39)18-41-19-27(34)40)55-23-8-10-29-25(16-23)28(46-47-29)9-7-22-17-44-48(20-22)15-14-43-32(50)6-3-13-42-30-5-2-4-24-35(30)38(54)49(37(24)53)31-11-12-33(51)45-36(31)52/h2,4-5,7-10,16-21,31,42H,3,6,11-15H2,1H3,(H,43,50)(H,46,47)(H,45,51,52)/b9-7+/t21-,31?/m1/s1. The topological polar surface area (TPSA) is 193 Å². The molecule has 0 bridgehead atoms. The second-order valence-corrected chi connectivity index (χ2v) is 13.8. The normalized spacial score (nSPS) is 16.1. The van der Waals surface area contributed by atoms with E-state index in [0.29, 0.717) is 58.8 Å². The number of nitrogens with one attached hydrogen (secondary N) is 4. The van der Waals surface area contributed by atoms with Gasteiger partial charge in [-0.15, -0.1) is 0 Å². The van der Waals surface area contributed by atoms with Crippen molar-refractivity contribution < 1.29 is 28.7 Å². The number of imide groups is 2. The molecule has 5 aromatic rings. The largest absolute Gasteiger partial charge is 0.486 e. The molecule has 1 unspecified atom stereocenters. The van der Waals surface area contributed by atoms with Crippen molar-refractivity contribution in [3.8, 4) is 5.75 Å². The van der Waals surface area contributed by atoms with E-state index >= 15 is 0 Å². The first-order valence-electron chi connectivity index (χ1n) is 17.6. The number of amides is 5. The Hall–Kier alpha value is -6.06. The lowest BCUT2D eigenvalue weighted by molar-refractivity contribution is -0.136. The van der Waals surface area contributed by atoms with Gasteiger partial charge in [0, 0.05) is 66.7 Å². The van der Waals surface area contributed by atoms with Crippen LogP contribution in [-0.2, 0) is 20.9 Å². The summed E-state index contributed by atoms with van der Waals surface area (Å²) in [6, 6.07) is 9.45. The van der Waals surface area contributed by atoms with Gasteiger partial charge in [-0.1, -0.05) is 29.3 Å². The first-order valence-corrected chi connectivity index (χ1v) is 18.3. The van der Waals surface area contributed by atoms with Crippen LogP contribution in [0, 0.1) is 0 Å². The van der Waals surface area contributed by atoms with Gasteiger partial charge in [-0.25, -0.2) is 0 Å². The average molecular weight is 785 g/mol. The second kappa shape index (κ2) is 16.1. The van der Waals surface area contributed by atoms with E-state index in [1.807, 2.05) is 43.5 Å². The van der Waals surface area contributed by atoms with Gasteiger partial charge >= 0.3 is 0 Å². The van der Waals surface area contributed by atoms with E-state index in [4.69, 9.17) is 27.9 Å². The fraction of sp³-hybridized carbons (Fsp3) is 0.263. The van der Waals surface area contributed by atoms with E-state index in [1.165, 1.54) is 18.5 Å². The van der Waals surface area contributed by atoms with Crippen molar-refractivity contribution in [2.24, 2.45) is 0 Å². The fourth-order valence-corrected chi connectivity index (χ4v) is 7.25. The molecule has 15 nitrogen and oxygen atoms in total. The Morgan fingerprint density at radius 2 is 1.87 bits per heavy atom. The Balaban J connectivity index is 0.863. The molecule has 2 aromatic carbocycles. The summed E-state index contributed by atoms with van der Waals surface area (Å²) in [4.78, 5) is 67.7. The third-order valence-electron chi connectivity index (χ3n) is 9.29. The number of hydrogen-bond acceptors (Lipinski definition) is 10. The van der Waals surface area contributed by atoms with Crippen LogP contribution in [-0.4, -0.2) is 78.5 Å². The number of fused-ring (bicyclic) bond motifs is 2. The number of halogens is 2. The number of hydrogen-bond donors (Lipinski definition) is 4. The molecule has 2 aliphatic heterocycles. The number of piperidine rings is 1. The zero-order chi connectivity index (χ0) is 38.6. The molecule has 55 heavy (non-hydrogen) atoms. The number of carbonyl (C=O) groups excluding carboxylic acids is 5. The highest BCUT2D eigenvalue weighted by Gasteiger charge is 2.45. The molecule has 17 heteroatoms. The predicted octanol–water partition coefficient (Wildman–Crippen LogP) is 5.18. The van der Waals surface area contributed by atoms with Crippen molar-refractivity contribution in [1.82, 2.24) is 40.5 Å². The Morgan fingerprint density at radius 3 is 2.67 bits per heavy atom. The highest BCUT2D eigenvalue weighted by molar-refractivity contribution is 6.35. The lowest BCUT2D eigenvalue weighted by Crippen LogP contribution is -2.54. The van der Waals surface area contributed by atoms with Crippen LogP contribution >= 0.6 is 23.2 Å². The fourth-order valence-electron chi connectivity index (χ4n) is 6.58. The van der Waals surface area contributed by atoms with Crippen molar-refractivity contribution >= 4 is 81.5 Å². The predicted molar refractivity (Wildman–Crippen MR) is 204 cm³/mol. The molecular weight excluding hydrogens is 749 g/mol. The molecular formula is C38H35Cl2N9O6. The number of ether oxygens (including phenoxy) is 1. The van der Waals surface area contributed by atoms with Gasteiger partial charge in [0.25, 0.3) is 11.8 Å². The summed E-state index contributed by atoms with van der Waals surface area (Å²) in [5.74, 6) is -1.78. The summed E-state index contributed by atoms with van der Waals surface area (Å²) in [5, 5.41) is 21.8. The molecule has 0 spiro atoms. The van der Waals surface area contributed by atoms with E-state index in [0.717, 1.165) is 21.4 Å². The zero-order valence-electron chi connectivity index (χ0n) is 29.5. The number of nitrogens with zero attached hydrogens (tertiary/aromatic N) is 5. The van der Waals surface area contributed by atoms with E-state index in [2.05, 4.69) is 36.2 Å². The van der Waals surface area contributed by atoms with Crippen LogP contribution in [0.3, 0.4) is 0 Å². The molecule has 0 saturated carbocycles. The summed E-state index contributed by atoms with van der Waals surface area (Å²) < 4.78 is 7.89. The Bertz CT molecular complexity index is 2340. The Morgan fingerprint density at radius 1 is 1.05 bits per heavy atom. The van der Waals surface area contributed by atoms with Crippen molar-refractivity contribution in [2.45, 2.75) is 51.3 Å². The van der Waals surface area contributed by atoms with E-state index in [1.54, 1.807) is 23.0 Å². The van der Waals surface area contributed by atoms with Crippen LogP contribution in [0.4, 0.5) is 5.69 Å². The van der Waals surface area contributed by atoms with Crippen molar-refractivity contribution in [2.75, 3.05) is 18.4 Å². The maximum absolute atomic E-state index is 13.3. The van der Waals surface area contributed by atoms with E-state index in [9.17, 15) is 24.0 Å². The summed E-state index contributed by atoms with van der Waals surface area (Å²) in [7, 11) is 0. The minimum atomic E-state index is -1.04. The van der Waals surface area contributed by atoms with Crippen LogP contribution in [0.15, 0.2) is 61.2 Å². The number of anilines is 1. The molecule has 4 N–H and O–H groups in total. The Kier molecular flexibility index (Phi) is 10.9. The number of aromatic amines is 1. The van der Waals surface area contributed by atoms with Crippen LogP contribution in [0.2, 0.25) is 10.0 Å². The maximum Gasteiger partial charge on any atom is 0.264 e. The van der Waals surface area contributed by atoms with E-state index in [-0.39, 0.29) is 36.3 Å². The monoisotopic (exact) mass is 783 g/mol. The van der Waals surface area contributed by atoms with Gasteiger partial charge in [-0.3, -0.25) is 49.0 Å². The van der Waals surface area contributed by atoms with Crippen molar-refractivity contribution in [3.63, 3.8) is 0 Å². The highest BCUT2D eigenvalue weighted by Crippen LogP contribution is 2.34. The average Bonchev–Trinajstić information content (AvgIpc) is 3.85. The number of H-pyrrole nitrogens is 1. The second-order valence-electron chi connectivity index (χ2n) is 13.0. The van der Waals surface area contributed by atoms with E-state index < -0.39 is 35.8 Å². The molecule has 5 amide bonds. The molecule has 0 radical (unpaired) electrons. The van der Waals surface area contributed by atoms with Crippen LogP contribution in [0.25, 0.3) is 23.1 Å². The molecule has 2 atom stereocenters. The van der Waals surface area contributed by atoms with Crippen molar-refractivity contribution in [3.05, 3.63) is 99.2 Å². The van der Waals surface area contributed by atoms with Gasteiger partial charge in [0.1, 0.15) is 17.9 Å². The zero-order valence-corrected chi connectivity index (χ0v) is 31.0. The quantitative estimate of drug-likeness (QED) is 0.0862. The molecule has 282 valence electrons. The van der Waals surface area contributed by atoms with Gasteiger partial charge in [0.2, 0.25) is 17.7 Å². The summed E-state index contributed by atoms with van der Waals surface area (Å²) in [6.07, 6.45) is 10.8. The maximum atomic E-state index is 13.3. The molecule has 0 aliphatic carbocycles. The SMILES string of the molecule is C[C@@H](Oc1ccc2[nH]nc(/C=C/c3cnn(CCNC(=O)CCCNc4cccc5c4C(=O)N(C4CCC(=O)NC4=O)C5=O)c3)c2c1)c1c(Cl)cncc1Cl. The number of rotatable bonds is 14. The number of carbonyl (C=O) groups is 5. The van der Waals surface area contributed by atoms with Gasteiger partial charge in [-0.05, 0) is 62.2 Å². The smallest absolute Gasteiger partial charge is 0.264 e. The molecule has 7 rings (SSSR count). The first-order chi connectivity index (χ1) is 26.6. The highest BCUT2D eigenvalue weighted by atomic mass is 35.5. The molecule has 1 saturated heterocycles. The molecule has 1 fully saturated rings. The first kappa shape index (κ1) is 37.3. The summed E-state index contributed by atoms with van der Waals surface area (Å²) >= 11 is 12.6. The van der Waals surface area contributed by atoms with Crippen LogP contribution < -0.4 is 20.7 Å². The van der Waals surface area contributed by atoms with Gasteiger partial charge in [-0.2, -0.15) is 10.2 Å². The van der Waals surface area contributed by atoms with Crippen LogP contribution in [0.1, 0.15) is 76.2 Å². The number of benzene rings is 2. The molecule has 2 aliphatic rings. The van der Waals surface area contributed by atoms with Gasteiger partial charge < -0.3 is 15.4 Å². The van der Waals surface area contributed by atoms with Gasteiger partial charge in [0.15, 0.2) is 0 Å². The number of pyridine rings is 1. The lowest BCUT2D eigenvalue weighted by atomic mass is 10.0.